The highest BCUT2D eigenvalue weighted by molar-refractivity contribution is 5.99. The number of aromatic nitrogens is 1. The molecule has 3 aromatic rings. The van der Waals surface area contributed by atoms with Crippen LogP contribution in [0.1, 0.15) is 12.0 Å². The summed E-state index contributed by atoms with van der Waals surface area (Å²) in [6, 6.07) is 14.1. The molecule has 0 spiro atoms. The van der Waals surface area contributed by atoms with E-state index in [9.17, 15) is 4.79 Å². The van der Waals surface area contributed by atoms with Crippen molar-refractivity contribution in [1.82, 2.24) is 4.98 Å². The lowest BCUT2D eigenvalue weighted by atomic mass is 9.95. The molecule has 5 nitrogen and oxygen atoms in total. The molecule has 0 radical (unpaired) electrons. The van der Waals surface area contributed by atoms with Crippen molar-refractivity contribution in [2.75, 3.05) is 25.1 Å². The Hall–Kier alpha value is -3.08. The second-order valence-corrected chi connectivity index (χ2v) is 6.49. The van der Waals surface area contributed by atoms with E-state index in [1.165, 1.54) is 0 Å². The molecule has 0 unspecified atom stereocenters. The zero-order valence-corrected chi connectivity index (χ0v) is 14.6. The number of ether oxygens (including phenoxy) is 1. The van der Waals surface area contributed by atoms with Gasteiger partial charge in [0.1, 0.15) is 12.3 Å². The number of carbonyl (C=O) groups is 1. The van der Waals surface area contributed by atoms with Crippen molar-refractivity contribution in [2.24, 2.45) is 0 Å². The van der Waals surface area contributed by atoms with Crippen LogP contribution in [0, 0.1) is 0 Å². The Morgan fingerprint density at radius 2 is 2.00 bits per heavy atom. The summed E-state index contributed by atoms with van der Waals surface area (Å²) in [5, 5.41) is 11.1. The van der Waals surface area contributed by atoms with Crippen LogP contribution in [0.5, 0.6) is 5.75 Å². The van der Waals surface area contributed by atoms with E-state index < -0.39 is 5.97 Å². The van der Waals surface area contributed by atoms with E-state index in [4.69, 9.17) is 9.84 Å². The Balaban J connectivity index is 1.87. The lowest BCUT2D eigenvalue weighted by Gasteiger charge is -2.28. The lowest BCUT2D eigenvalue weighted by Crippen LogP contribution is -2.29. The van der Waals surface area contributed by atoms with Gasteiger partial charge in [-0.05, 0) is 28.8 Å². The monoisotopic (exact) mass is 348 g/mol. The molecular weight excluding hydrogens is 328 g/mol. The van der Waals surface area contributed by atoms with Crippen LogP contribution in [0.25, 0.3) is 22.0 Å². The molecule has 132 valence electrons. The number of aryl methyl sites for hydroxylation is 1. The number of aliphatic carboxylic acids is 1. The molecule has 0 bridgehead atoms. The van der Waals surface area contributed by atoms with Crippen LogP contribution in [-0.4, -0.2) is 36.3 Å². The van der Waals surface area contributed by atoms with Gasteiger partial charge in [-0.1, -0.05) is 36.4 Å². The number of benzene rings is 2. The lowest BCUT2D eigenvalue weighted by molar-refractivity contribution is -0.136. The van der Waals surface area contributed by atoms with Crippen molar-refractivity contribution >= 4 is 22.4 Å². The highest BCUT2D eigenvalue weighted by Gasteiger charge is 2.21. The van der Waals surface area contributed by atoms with Gasteiger partial charge in [0, 0.05) is 25.2 Å². The van der Waals surface area contributed by atoms with Crippen LogP contribution in [0.2, 0.25) is 0 Å². The van der Waals surface area contributed by atoms with Crippen molar-refractivity contribution in [1.29, 1.82) is 0 Å². The number of likely N-dealkylation sites (N-methyl/N-ethyl adjacent to an activating group) is 1. The topological polar surface area (TPSA) is 62.7 Å². The van der Waals surface area contributed by atoms with Crippen LogP contribution in [0.15, 0.2) is 48.7 Å². The third-order valence-corrected chi connectivity index (χ3v) is 4.84. The second-order valence-electron chi connectivity index (χ2n) is 6.49. The molecule has 1 aromatic heterocycles. The van der Waals surface area contributed by atoms with Gasteiger partial charge >= 0.3 is 5.97 Å². The average Bonchev–Trinajstić information content (AvgIpc) is 2.66. The van der Waals surface area contributed by atoms with E-state index in [1.54, 1.807) is 0 Å². The average molecular weight is 348 g/mol. The van der Waals surface area contributed by atoms with Gasteiger partial charge in [-0.3, -0.25) is 9.78 Å². The number of carboxylic acid groups (broad SMARTS) is 1. The number of hydrogen-bond donors (Lipinski definition) is 1. The molecule has 0 aliphatic carbocycles. The van der Waals surface area contributed by atoms with E-state index in [0.717, 1.165) is 45.6 Å². The molecule has 0 atom stereocenters. The molecule has 0 fully saturated rings. The molecule has 4 rings (SSSR count). The molecule has 0 saturated heterocycles. The highest BCUT2D eigenvalue weighted by Crippen LogP contribution is 2.41. The number of nitrogens with zero attached hydrogens (tertiary/aromatic N) is 2. The standard InChI is InChI=1S/C21H20N2O3/c1-23-12-13-26-21-18(23)10-11-22-20(21)17-7-3-5-15-14(8-9-19(24)25)4-2-6-16(15)17/h2-7,10-11H,8-9,12-13H2,1H3,(H,24,25). The third-order valence-electron chi connectivity index (χ3n) is 4.84. The highest BCUT2D eigenvalue weighted by atomic mass is 16.5. The van der Waals surface area contributed by atoms with E-state index >= 15 is 0 Å². The fourth-order valence-corrected chi connectivity index (χ4v) is 3.52. The van der Waals surface area contributed by atoms with Crippen LogP contribution in [0.4, 0.5) is 5.69 Å². The summed E-state index contributed by atoms with van der Waals surface area (Å²) in [6.07, 6.45) is 2.44. The van der Waals surface area contributed by atoms with Crippen molar-refractivity contribution < 1.29 is 14.6 Å². The predicted octanol–water partition coefficient (Wildman–Crippen LogP) is 3.75. The Bertz CT molecular complexity index is 984. The van der Waals surface area contributed by atoms with Crippen molar-refractivity contribution in [2.45, 2.75) is 12.8 Å². The summed E-state index contributed by atoms with van der Waals surface area (Å²) in [6.45, 7) is 1.49. The van der Waals surface area contributed by atoms with Gasteiger partial charge < -0.3 is 14.7 Å². The third kappa shape index (κ3) is 2.86. The van der Waals surface area contributed by atoms with Gasteiger partial charge in [0.05, 0.1) is 12.2 Å². The Labute approximate surface area is 151 Å². The zero-order chi connectivity index (χ0) is 18.1. The molecule has 1 aliphatic rings. The molecule has 5 heteroatoms. The molecule has 0 saturated carbocycles. The minimum atomic E-state index is -0.784. The van der Waals surface area contributed by atoms with Gasteiger partial charge in [0.25, 0.3) is 0 Å². The minimum Gasteiger partial charge on any atom is -0.487 e. The normalized spacial score (nSPS) is 13.3. The van der Waals surface area contributed by atoms with E-state index in [1.807, 2.05) is 42.6 Å². The maximum Gasteiger partial charge on any atom is 0.303 e. The first-order valence-corrected chi connectivity index (χ1v) is 8.71. The fourth-order valence-electron chi connectivity index (χ4n) is 3.52. The van der Waals surface area contributed by atoms with E-state index in [2.05, 4.69) is 23.0 Å². The molecule has 1 N–H and O–H groups in total. The van der Waals surface area contributed by atoms with E-state index in [-0.39, 0.29) is 6.42 Å². The van der Waals surface area contributed by atoms with Crippen molar-refractivity contribution in [3.63, 3.8) is 0 Å². The van der Waals surface area contributed by atoms with Crippen LogP contribution in [0.3, 0.4) is 0 Å². The summed E-state index contributed by atoms with van der Waals surface area (Å²) < 4.78 is 5.96. The van der Waals surface area contributed by atoms with Crippen LogP contribution < -0.4 is 9.64 Å². The number of anilines is 1. The molecule has 2 aromatic carbocycles. The summed E-state index contributed by atoms with van der Waals surface area (Å²) in [5.74, 6) is 0.0260. The zero-order valence-electron chi connectivity index (χ0n) is 14.6. The summed E-state index contributed by atoms with van der Waals surface area (Å²) >= 11 is 0. The number of carboxylic acids is 1. The van der Waals surface area contributed by atoms with Gasteiger partial charge in [-0.15, -0.1) is 0 Å². The van der Waals surface area contributed by atoms with Gasteiger partial charge in [-0.25, -0.2) is 0 Å². The van der Waals surface area contributed by atoms with Crippen LogP contribution in [-0.2, 0) is 11.2 Å². The quantitative estimate of drug-likeness (QED) is 0.778. The van der Waals surface area contributed by atoms with Crippen molar-refractivity contribution in [3.05, 3.63) is 54.2 Å². The largest absolute Gasteiger partial charge is 0.487 e. The van der Waals surface area contributed by atoms with Crippen LogP contribution >= 0.6 is 0 Å². The van der Waals surface area contributed by atoms with E-state index in [0.29, 0.717) is 13.0 Å². The molecular formula is C21H20N2O3. The number of rotatable bonds is 4. The Morgan fingerprint density at radius 3 is 2.85 bits per heavy atom. The fraction of sp³-hybridized carbons (Fsp3) is 0.238. The first-order chi connectivity index (χ1) is 12.6. The Morgan fingerprint density at radius 1 is 1.19 bits per heavy atom. The predicted molar refractivity (Wildman–Crippen MR) is 102 cm³/mol. The second kappa shape index (κ2) is 6.67. The summed E-state index contributed by atoms with van der Waals surface area (Å²) in [7, 11) is 2.05. The van der Waals surface area contributed by atoms with Gasteiger partial charge in [-0.2, -0.15) is 0 Å². The number of fused-ring (bicyclic) bond motifs is 2. The van der Waals surface area contributed by atoms with Crippen molar-refractivity contribution in [3.8, 4) is 17.0 Å². The van der Waals surface area contributed by atoms with Gasteiger partial charge in [0.2, 0.25) is 0 Å². The Kier molecular flexibility index (Phi) is 4.21. The first kappa shape index (κ1) is 16.4. The van der Waals surface area contributed by atoms with Gasteiger partial charge in [0.15, 0.2) is 5.75 Å². The maximum absolute atomic E-state index is 11.0. The molecule has 1 aliphatic heterocycles. The number of hydrogen-bond acceptors (Lipinski definition) is 4. The first-order valence-electron chi connectivity index (χ1n) is 8.71. The maximum atomic E-state index is 11.0. The molecule has 2 heterocycles. The minimum absolute atomic E-state index is 0.121. The summed E-state index contributed by atoms with van der Waals surface area (Å²) in [5.41, 5.74) is 3.91. The molecule has 26 heavy (non-hydrogen) atoms. The molecule has 0 amide bonds. The smallest absolute Gasteiger partial charge is 0.303 e. The summed E-state index contributed by atoms with van der Waals surface area (Å²) in [4.78, 5) is 17.7. The SMILES string of the molecule is CN1CCOc2c1ccnc2-c1cccc2c(CCC(=O)O)cccc12. The number of pyridine rings is 1.